The minimum Gasteiger partial charge on any atom is -0.397 e. The molecular formula is C12H18ClN3O3S. The summed E-state index contributed by atoms with van der Waals surface area (Å²) >= 11 is 0. The average Bonchev–Trinajstić information content (AvgIpc) is 2.69. The smallest absolute Gasteiger partial charge is 0.225 e. The highest BCUT2D eigenvalue weighted by molar-refractivity contribution is 7.89. The number of nitrogen functional groups attached to an aromatic ring is 1. The molecule has 6 nitrogen and oxygen atoms in total. The molecule has 1 heterocycles. The molecule has 20 heavy (non-hydrogen) atoms. The van der Waals surface area contributed by atoms with Gasteiger partial charge in [-0.15, -0.1) is 12.4 Å². The van der Waals surface area contributed by atoms with Crippen molar-refractivity contribution in [2.45, 2.75) is 12.8 Å². The SMILES string of the molecule is Cl.Nc1ccccc1NC(=O)CCN1CCCS1(=O)=O. The summed E-state index contributed by atoms with van der Waals surface area (Å²) in [5.74, 6) is -0.0553. The van der Waals surface area contributed by atoms with Gasteiger partial charge in [0.25, 0.3) is 0 Å². The van der Waals surface area contributed by atoms with Crippen LogP contribution in [0.4, 0.5) is 11.4 Å². The molecule has 0 aliphatic carbocycles. The van der Waals surface area contributed by atoms with Gasteiger partial charge in [0.05, 0.1) is 17.1 Å². The van der Waals surface area contributed by atoms with Crippen molar-refractivity contribution in [3.63, 3.8) is 0 Å². The summed E-state index contributed by atoms with van der Waals surface area (Å²) in [5, 5.41) is 2.68. The van der Waals surface area contributed by atoms with Gasteiger partial charge in [-0.25, -0.2) is 12.7 Å². The lowest BCUT2D eigenvalue weighted by Gasteiger charge is -2.14. The molecule has 0 bridgehead atoms. The topological polar surface area (TPSA) is 92.5 Å². The molecule has 1 aromatic carbocycles. The van der Waals surface area contributed by atoms with Crippen LogP contribution in [0.5, 0.6) is 0 Å². The molecule has 112 valence electrons. The van der Waals surface area contributed by atoms with Crippen molar-refractivity contribution < 1.29 is 13.2 Å². The monoisotopic (exact) mass is 319 g/mol. The van der Waals surface area contributed by atoms with Gasteiger partial charge in [0.1, 0.15) is 0 Å². The molecule has 0 spiro atoms. The van der Waals surface area contributed by atoms with Crippen LogP contribution >= 0.6 is 12.4 Å². The molecule has 1 aromatic rings. The van der Waals surface area contributed by atoms with Crippen LogP contribution in [0.15, 0.2) is 24.3 Å². The number of rotatable bonds is 4. The number of benzene rings is 1. The molecule has 8 heteroatoms. The van der Waals surface area contributed by atoms with E-state index in [9.17, 15) is 13.2 Å². The van der Waals surface area contributed by atoms with Crippen LogP contribution < -0.4 is 11.1 Å². The number of hydrogen-bond acceptors (Lipinski definition) is 4. The standard InChI is InChI=1S/C12H17N3O3S.ClH/c13-10-4-1-2-5-11(10)14-12(16)6-8-15-7-3-9-19(15,17)18;/h1-2,4-5H,3,6-9,13H2,(H,14,16);1H. The van der Waals surface area contributed by atoms with E-state index in [1.54, 1.807) is 24.3 Å². The quantitative estimate of drug-likeness (QED) is 0.811. The molecule has 1 fully saturated rings. The van der Waals surface area contributed by atoms with Gasteiger partial charge in [-0.3, -0.25) is 4.79 Å². The summed E-state index contributed by atoms with van der Waals surface area (Å²) in [4.78, 5) is 11.7. The second kappa shape index (κ2) is 6.92. The van der Waals surface area contributed by atoms with Crippen LogP contribution in [0.3, 0.4) is 0 Å². The zero-order chi connectivity index (χ0) is 13.9. The predicted molar refractivity (Wildman–Crippen MR) is 81.3 cm³/mol. The van der Waals surface area contributed by atoms with Gasteiger partial charge < -0.3 is 11.1 Å². The molecule has 3 N–H and O–H groups in total. The molecule has 0 aromatic heterocycles. The summed E-state index contributed by atoms with van der Waals surface area (Å²) in [7, 11) is -3.14. The van der Waals surface area contributed by atoms with E-state index in [-0.39, 0.29) is 37.0 Å². The number of carbonyl (C=O) groups is 1. The summed E-state index contributed by atoms with van der Waals surface area (Å²) < 4.78 is 24.5. The molecule has 2 rings (SSSR count). The van der Waals surface area contributed by atoms with Crippen molar-refractivity contribution in [3.05, 3.63) is 24.3 Å². The van der Waals surface area contributed by atoms with E-state index in [4.69, 9.17) is 5.73 Å². The summed E-state index contributed by atoms with van der Waals surface area (Å²) in [6.45, 7) is 0.726. The Bertz CT molecular complexity index is 577. The van der Waals surface area contributed by atoms with Gasteiger partial charge in [0.2, 0.25) is 15.9 Å². The lowest BCUT2D eigenvalue weighted by molar-refractivity contribution is -0.116. The highest BCUT2D eigenvalue weighted by Gasteiger charge is 2.28. The van der Waals surface area contributed by atoms with Crippen molar-refractivity contribution in [1.82, 2.24) is 4.31 Å². The predicted octanol–water partition coefficient (Wildman–Crippen LogP) is 1.05. The Morgan fingerprint density at radius 3 is 2.65 bits per heavy atom. The Morgan fingerprint density at radius 1 is 1.35 bits per heavy atom. The van der Waals surface area contributed by atoms with Crippen LogP contribution in [0, 0.1) is 0 Å². The molecular weight excluding hydrogens is 302 g/mol. The first-order chi connectivity index (χ1) is 8.99. The van der Waals surface area contributed by atoms with Crippen molar-refractivity contribution in [3.8, 4) is 0 Å². The number of sulfonamides is 1. The lowest BCUT2D eigenvalue weighted by atomic mass is 10.2. The third kappa shape index (κ3) is 4.09. The Labute approximate surface area is 124 Å². The number of carbonyl (C=O) groups excluding carboxylic acids is 1. The second-order valence-electron chi connectivity index (χ2n) is 4.45. The van der Waals surface area contributed by atoms with Gasteiger partial charge in [-0.2, -0.15) is 0 Å². The molecule has 1 saturated heterocycles. The summed E-state index contributed by atoms with van der Waals surface area (Å²) in [5.41, 5.74) is 6.75. The maximum absolute atomic E-state index is 11.7. The third-order valence-electron chi connectivity index (χ3n) is 3.03. The van der Waals surface area contributed by atoms with E-state index in [1.165, 1.54) is 4.31 Å². The van der Waals surface area contributed by atoms with Crippen molar-refractivity contribution in [2.75, 3.05) is 29.9 Å². The first-order valence-electron chi connectivity index (χ1n) is 6.11. The van der Waals surface area contributed by atoms with Crippen LogP contribution in [0.1, 0.15) is 12.8 Å². The van der Waals surface area contributed by atoms with E-state index in [1.807, 2.05) is 0 Å². The first kappa shape index (κ1) is 16.7. The van der Waals surface area contributed by atoms with Gasteiger partial charge in [0, 0.05) is 19.5 Å². The molecule has 0 atom stereocenters. The van der Waals surface area contributed by atoms with Gasteiger partial charge in [-0.1, -0.05) is 12.1 Å². The molecule has 0 saturated carbocycles. The molecule has 0 unspecified atom stereocenters. The first-order valence-corrected chi connectivity index (χ1v) is 7.72. The highest BCUT2D eigenvalue weighted by Crippen LogP contribution is 2.17. The van der Waals surface area contributed by atoms with Crippen LogP contribution in [0.25, 0.3) is 0 Å². The number of nitrogens with two attached hydrogens (primary N) is 1. The van der Waals surface area contributed by atoms with E-state index in [0.717, 1.165) is 0 Å². The average molecular weight is 320 g/mol. The molecule has 1 aliphatic rings. The minimum atomic E-state index is -3.14. The van der Waals surface area contributed by atoms with Crippen molar-refractivity contribution in [1.29, 1.82) is 0 Å². The summed E-state index contributed by atoms with van der Waals surface area (Å²) in [6.07, 6.45) is 0.767. The lowest BCUT2D eigenvalue weighted by Crippen LogP contribution is -2.29. The van der Waals surface area contributed by atoms with Gasteiger partial charge >= 0.3 is 0 Å². The normalized spacial score (nSPS) is 17.4. The number of hydrogen-bond donors (Lipinski definition) is 2. The highest BCUT2D eigenvalue weighted by atomic mass is 35.5. The fraction of sp³-hybridized carbons (Fsp3) is 0.417. The molecule has 1 amide bonds. The van der Waals surface area contributed by atoms with Crippen molar-refractivity contribution in [2.24, 2.45) is 0 Å². The number of nitrogens with zero attached hydrogens (tertiary/aromatic N) is 1. The number of anilines is 2. The summed E-state index contributed by atoms with van der Waals surface area (Å²) in [6, 6.07) is 6.96. The van der Waals surface area contributed by atoms with E-state index < -0.39 is 10.0 Å². The Hall–Kier alpha value is -1.31. The van der Waals surface area contributed by atoms with Gasteiger partial charge in [-0.05, 0) is 18.6 Å². The Balaban J connectivity index is 0.00000200. The molecule has 1 aliphatic heterocycles. The van der Waals surface area contributed by atoms with Crippen molar-refractivity contribution >= 4 is 39.7 Å². The Kier molecular flexibility index (Phi) is 5.79. The number of para-hydroxylation sites is 2. The Morgan fingerprint density at radius 2 is 2.05 bits per heavy atom. The fourth-order valence-corrected chi connectivity index (χ4v) is 3.52. The second-order valence-corrected chi connectivity index (χ2v) is 6.54. The fourth-order valence-electron chi connectivity index (χ4n) is 1.99. The van der Waals surface area contributed by atoms with Gasteiger partial charge in [0.15, 0.2) is 0 Å². The molecule has 0 radical (unpaired) electrons. The van der Waals surface area contributed by atoms with Crippen LogP contribution in [0.2, 0.25) is 0 Å². The van der Waals surface area contributed by atoms with E-state index in [2.05, 4.69) is 5.32 Å². The zero-order valence-corrected chi connectivity index (χ0v) is 12.5. The maximum atomic E-state index is 11.7. The van der Waals surface area contributed by atoms with Crippen LogP contribution in [-0.4, -0.2) is 37.5 Å². The largest absolute Gasteiger partial charge is 0.397 e. The van der Waals surface area contributed by atoms with E-state index in [0.29, 0.717) is 24.3 Å². The number of nitrogens with one attached hydrogen (secondary N) is 1. The number of halogens is 1. The number of amides is 1. The zero-order valence-electron chi connectivity index (χ0n) is 10.9. The maximum Gasteiger partial charge on any atom is 0.225 e. The van der Waals surface area contributed by atoms with Crippen LogP contribution in [-0.2, 0) is 14.8 Å². The minimum absolute atomic E-state index is 0. The van der Waals surface area contributed by atoms with E-state index >= 15 is 0 Å². The third-order valence-corrected chi connectivity index (χ3v) is 4.98.